The van der Waals surface area contributed by atoms with Gasteiger partial charge in [-0.25, -0.2) is 4.98 Å². The van der Waals surface area contributed by atoms with E-state index in [1.165, 1.54) is 4.90 Å². The van der Waals surface area contributed by atoms with E-state index in [1.807, 2.05) is 13.1 Å². The van der Waals surface area contributed by atoms with Gasteiger partial charge in [0.15, 0.2) is 0 Å². The topological polar surface area (TPSA) is 62.3 Å². The number of thiazole rings is 1. The molecule has 1 atom stereocenters. The zero-order chi connectivity index (χ0) is 14.1. The number of nitrogens with one attached hydrogen (secondary N) is 1. The number of rotatable bonds is 4. The van der Waals surface area contributed by atoms with Gasteiger partial charge in [-0.05, 0) is 19.8 Å². The molecule has 1 aromatic rings. The first-order chi connectivity index (χ1) is 9.65. The number of carbonyl (C=O) groups is 2. The van der Waals surface area contributed by atoms with Crippen LogP contribution in [0.1, 0.15) is 42.0 Å². The van der Waals surface area contributed by atoms with Crippen LogP contribution in [0.4, 0.5) is 0 Å². The number of likely N-dealkylation sites (tertiary alicyclic amines) is 1. The smallest absolute Gasteiger partial charge is 0.247 e. The van der Waals surface area contributed by atoms with Crippen LogP contribution in [0.15, 0.2) is 6.20 Å². The molecule has 1 aliphatic heterocycles. The third-order valence-corrected chi connectivity index (χ3v) is 4.95. The summed E-state index contributed by atoms with van der Waals surface area (Å²) in [5.74, 6) is -0.0649. The zero-order valence-corrected chi connectivity index (χ0v) is 12.4. The van der Waals surface area contributed by atoms with Crippen molar-refractivity contribution in [2.45, 2.75) is 57.7 Å². The number of hydrogen-bond acceptors (Lipinski definition) is 5. The Kier molecular flexibility index (Phi) is 3.85. The Bertz CT molecular complexity index is 522. The molecule has 2 fully saturated rings. The quantitative estimate of drug-likeness (QED) is 0.857. The van der Waals surface area contributed by atoms with Crippen molar-refractivity contribution in [3.8, 4) is 0 Å². The van der Waals surface area contributed by atoms with E-state index in [-0.39, 0.29) is 23.9 Å². The average molecular weight is 293 g/mol. The Morgan fingerprint density at radius 3 is 2.80 bits per heavy atom. The van der Waals surface area contributed by atoms with Crippen molar-refractivity contribution in [2.75, 3.05) is 0 Å². The molecule has 0 aromatic carbocycles. The Balaban J connectivity index is 1.60. The molecule has 1 aliphatic carbocycles. The summed E-state index contributed by atoms with van der Waals surface area (Å²) in [5.41, 5.74) is 0. The number of nitrogens with zero attached hydrogens (tertiary/aromatic N) is 2. The highest BCUT2D eigenvalue weighted by atomic mass is 32.1. The fraction of sp³-hybridized carbons (Fsp3) is 0.643. The number of amides is 2. The first-order valence-electron chi connectivity index (χ1n) is 7.16. The third kappa shape index (κ3) is 2.62. The molecule has 0 spiro atoms. The summed E-state index contributed by atoms with van der Waals surface area (Å²) >= 11 is 1.62. The van der Waals surface area contributed by atoms with Crippen LogP contribution in [0.25, 0.3) is 0 Å². The van der Waals surface area contributed by atoms with Crippen molar-refractivity contribution in [3.63, 3.8) is 0 Å². The molecule has 1 N–H and O–H groups in total. The first-order valence-corrected chi connectivity index (χ1v) is 7.97. The molecule has 20 heavy (non-hydrogen) atoms. The lowest BCUT2D eigenvalue weighted by Crippen LogP contribution is -2.42. The standard InChI is InChI=1S/C14H19N3O2S/c1-9-7-16-12(20-9)8-15-11-6-13(18)17(14(11)19)10-4-2-3-5-10/h7,10-11,15H,2-6,8H2,1H3. The lowest BCUT2D eigenvalue weighted by atomic mass is 10.2. The Labute approximate surface area is 122 Å². The van der Waals surface area contributed by atoms with Gasteiger partial charge in [0.25, 0.3) is 0 Å². The van der Waals surface area contributed by atoms with Gasteiger partial charge < -0.3 is 0 Å². The number of imide groups is 1. The molecule has 108 valence electrons. The minimum absolute atomic E-state index is 0.0188. The SMILES string of the molecule is Cc1cnc(CNC2CC(=O)N(C3CCCC3)C2=O)s1. The minimum Gasteiger partial charge on any atom is -0.299 e. The van der Waals surface area contributed by atoms with Crippen LogP contribution < -0.4 is 5.32 Å². The van der Waals surface area contributed by atoms with E-state index in [4.69, 9.17) is 0 Å². The van der Waals surface area contributed by atoms with Crippen LogP contribution in [0, 0.1) is 6.92 Å². The van der Waals surface area contributed by atoms with Gasteiger partial charge in [0, 0.05) is 23.7 Å². The van der Waals surface area contributed by atoms with Gasteiger partial charge >= 0.3 is 0 Å². The van der Waals surface area contributed by atoms with E-state index in [1.54, 1.807) is 11.3 Å². The summed E-state index contributed by atoms with van der Waals surface area (Å²) < 4.78 is 0. The third-order valence-electron chi connectivity index (χ3n) is 4.04. The maximum absolute atomic E-state index is 12.4. The summed E-state index contributed by atoms with van der Waals surface area (Å²) in [4.78, 5) is 31.3. The van der Waals surface area contributed by atoms with E-state index in [2.05, 4.69) is 10.3 Å². The summed E-state index contributed by atoms with van der Waals surface area (Å²) in [7, 11) is 0. The van der Waals surface area contributed by atoms with E-state index in [0.717, 1.165) is 35.6 Å². The monoisotopic (exact) mass is 293 g/mol. The Morgan fingerprint density at radius 2 is 2.15 bits per heavy atom. The van der Waals surface area contributed by atoms with Gasteiger partial charge in [-0.15, -0.1) is 11.3 Å². The summed E-state index contributed by atoms with van der Waals surface area (Å²) in [6.45, 7) is 2.56. The van der Waals surface area contributed by atoms with E-state index in [0.29, 0.717) is 13.0 Å². The average Bonchev–Trinajstić information content (AvgIpc) is 3.10. The molecule has 2 heterocycles. The molecule has 0 bridgehead atoms. The largest absolute Gasteiger partial charge is 0.299 e. The van der Waals surface area contributed by atoms with Crippen LogP contribution in [-0.2, 0) is 16.1 Å². The molecule has 2 aliphatic rings. The van der Waals surface area contributed by atoms with E-state index < -0.39 is 0 Å². The van der Waals surface area contributed by atoms with Crippen molar-refractivity contribution in [1.29, 1.82) is 0 Å². The predicted octanol–water partition coefficient (Wildman–Crippen LogP) is 1.61. The van der Waals surface area contributed by atoms with Crippen LogP contribution in [0.3, 0.4) is 0 Å². The summed E-state index contributed by atoms with van der Waals surface area (Å²) in [6, 6.07) is -0.226. The fourth-order valence-electron chi connectivity index (χ4n) is 3.05. The summed E-state index contributed by atoms with van der Waals surface area (Å²) in [6.07, 6.45) is 6.30. The van der Waals surface area contributed by atoms with Gasteiger partial charge in [-0.1, -0.05) is 12.8 Å². The summed E-state index contributed by atoms with van der Waals surface area (Å²) in [5, 5.41) is 4.14. The van der Waals surface area contributed by atoms with Crippen molar-refractivity contribution in [2.24, 2.45) is 0 Å². The number of carbonyl (C=O) groups excluding carboxylic acids is 2. The molecule has 1 unspecified atom stereocenters. The van der Waals surface area contributed by atoms with Crippen LogP contribution in [0.5, 0.6) is 0 Å². The lowest BCUT2D eigenvalue weighted by Gasteiger charge is -2.22. The second kappa shape index (κ2) is 5.61. The Morgan fingerprint density at radius 1 is 1.40 bits per heavy atom. The van der Waals surface area contributed by atoms with Crippen LogP contribution in [-0.4, -0.2) is 33.8 Å². The molecule has 1 saturated carbocycles. The molecule has 2 amide bonds. The normalized spacial score (nSPS) is 24.1. The fourth-order valence-corrected chi connectivity index (χ4v) is 3.79. The highest BCUT2D eigenvalue weighted by Crippen LogP contribution is 2.28. The molecule has 5 nitrogen and oxygen atoms in total. The molecular weight excluding hydrogens is 274 g/mol. The van der Waals surface area contributed by atoms with Gasteiger partial charge in [0.1, 0.15) is 5.01 Å². The Hall–Kier alpha value is -1.27. The minimum atomic E-state index is -0.368. The van der Waals surface area contributed by atoms with Crippen molar-refractivity contribution >= 4 is 23.2 Å². The van der Waals surface area contributed by atoms with Crippen LogP contribution in [0.2, 0.25) is 0 Å². The maximum atomic E-state index is 12.4. The maximum Gasteiger partial charge on any atom is 0.247 e. The second-order valence-electron chi connectivity index (χ2n) is 5.54. The number of aromatic nitrogens is 1. The zero-order valence-electron chi connectivity index (χ0n) is 11.6. The molecule has 6 heteroatoms. The molecule has 0 radical (unpaired) electrons. The highest BCUT2D eigenvalue weighted by Gasteiger charge is 2.42. The van der Waals surface area contributed by atoms with Crippen molar-refractivity contribution in [3.05, 3.63) is 16.1 Å². The van der Waals surface area contributed by atoms with E-state index in [9.17, 15) is 9.59 Å². The molecule has 1 saturated heterocycles. The van der Waals surface area contributed by atoms with Gasteiger partial charge in [-0.3, -0.25) is 19.8 Å². The molecule has 3 rings (SSSR count). The van der Waals surface area contributed by atoms with Gasteiger partial charge in [-0.2, -0.15) is 0 Å². The van der Waals surface area contributed by atoms with Crippen molar-refractivity contribution in [1.82, 2.24) is 15.2 Å². The number of aryl methyl sites for hydroxylation is 1. The van der Waals surface area contributed by atoms with E-state index >= 15 is 0 Å². The highest BCUT2D eigenvalue weighted by molar-refractivity contribution is 7.11. The lowest BCUT2D eigenvalue weighted by molar-refractivity contribution is -0.141. The first kappa shape index (κ1) is 13.7. The van der Waals surface area contributed by atoms with Gasteiger partial charge in [0.05, 0.1) is 12.5 Å². The van der Waals surface area contributed by atoms with Gasteiger partial charge in [0.2, 0.25) is 11.8 Å². The predicted molar refractivity (Wildman–Crippen MR) is 76.2 cm³/mol. The number of hydrogen-bond donors (Lipinski definition) is 1. The second-order valence-corrected chi connectivity index (χ2v) is 6.86. The van der Waals surface area contributed by atoms with Crippen LogP contribution >= 0.6 is 11.3 Å². The molecular formula is C14H19N3O2S. The molecule has 1 aromatic heterocycles. The van der Waals surface area contributed by atoms with Crippen molar-refractivity contribution < 1.29 is 9.59 Å².